The number of rotatable bonds is 3. The van der Waals surface area contributed by atoms with Gasteiger partial charge in [-0.05, 0) is 13.3 Å². The number of halogens is 1. The van der Waals surface area contributed by atoms with Gasteiger partial charge in [-0.15, -0.1) is 5.10 Å². The Kier molecular flexibility index (Phi) is 3.09. The van der Waals surface area contributed by atoms with Crippen LogP contribution in [0.25, 0.3) is 0 Å². The summed E-state index contributed by atoms with van der Waals surface area (Å²) >= 11 is 2.44. The maximum atomic E-state index is 4.11. The van der Waals surface area contributed by atoms with Gasteiger partial charge < -0.3 is 0 Å². The molecule has 0 aliphatic carbocycles. The van der Waals surface area contributed by atoms with E-state index in [4.69, 9.17) is 0 Å². The predicted molar refractivity (Wildman–Crippen MR) is 57.3 cm³/mol. The molecule has 1 unspecified atom stereocenters. The first-order valence-corrected chi connectivity index (χ1v) is 5.20. The van der Waals surface area contributed by atoms with E-state index in [2.05, 4.69) is 46.8 Å². The van der Waals surface area contributed by atoms with Gasteiger partial charge in [0.2, 0.25) is 0 Å². The van der Waals surface area contributed by atoms with Crippen molar-refractivity contribution in [3.63, 3.8) is 0 Å². The van der Waals surface area contributed by atoms with Gasteiger partial charge in [-0.25, -0.2) is 0 Å². The van der Waals surface area contributed by atoms with E-state index in [0.717, 1.165) is 12.1 Å². The average Bonchev–Trinajstić information content (AvgIpc) is 2.36. The van der Waals surface area contributed by atoms with Crippen LogP contribution in [0.4, 0.5) is 0 Å². The summed E-state index contributed by atoms with van der Waals surface area (Å²) in [6.07, 6.45) is 4.31. The first kappa shape index (κ1) is 9.95. The van der Waals surface area contributed by atoms with Crippen LogP contribution in [0.5, 0.6) is 0 Å². The van der Waals surface area contributed by atoms with Gasteiger partial charge in [0.1, 0.15) is 0 Å². The van der Waals surface area contributed by atoms with E-state index in [9.17, 15) is 0 Å². The van der Waals surface area contributed by atoms with Crippen LogP contribution in [0, 0.1) is 0 Å². The standard InChI is InChI=1S/C8H14IN3/c1-4-5-8(2,9)7-6-12(3)11-10-7/h6H,4-5H2,1-3H3. The monoisotopic (exact) mass is 279 g/mol. The van der Waals surface area contributed by atoms with E-state index in [1.165, 1.54) is 6.42 Å². The highest BCUT2D eigenvalue weighted by molar-refractivity contribution is 14.1. The quantitative estimate of drug-likeness (QED) is 0.627. The lowest BCUT2D eigenvalue weighted by molar-refractivity contribution is 0.618. The number of aromatic nitrogens is 3. The van der Waals surface area contributed by atoms with Crippen LogP contribution < -0.4 is 0 Å². The van der Waals surface area contributed by atoms with Gasteiger partial charge in [-0.3, -0.25) is 4.68 Å². The number of alkyl halides is 1. The first-order chi connectivity index (χ1) is 5.56. The molecule has 0 bridgehead atoms. The molecule has 3 nitrogen and oxygen atoms in total. The molecule has 1 aromatic heterocycles. The molecule has 0 radical (unpaired) electrons. The molecular weight excluding hydrogens is 265 g/mol. The van der Waals surface area contributed by atoms with Crippen molar-refractivity contribution in [1.29, 1.82) is 0 Å². The molecule has 0 N–H and O–H groups in total. The molecule has 0 saturated heterocycles. The molecular formula is C8H14IN3. The minimum atomic E-state index is 0.140. The second-order valence-electron chi connectivity index (χ2n) is 3.22. The summed E-state index contributed by atoms with van der Waals surface area (Å²) in [6.45, 7) is 4.38. The van der Waals surface area contributed by atoms with E-state index in [0.29, 0.717) is 0 Å². The highest BCUT2D eigenvalue weighted by Gasteiger charge is 2.24. The molecule has 0 aromatic carbocycles. The predicted octanol–water partition coefficient (Wildman–Crippen LogP) is 2.27. The van der Waals surface area contributed by atoms with Crippen molar-refractivity contribution in [2.24, 2.45) is 7.05 Å². The molecule has 0 spiro atoms. The smallest absolute Gasteiger partial charge is 0.0983 e. The zero-order valence-electron chi connectivity index (χ0n) is 7.71. The minimum Gasteiger partial charge on any atom is -0.255 e. The Balaban J connectivity index is 2.81. The van der Waals surface area contributed by atoms with Gasteiger partial charge in [0.25, 0.3) is 0 Å². The maximum absolute atomic E-state index is 4.11. The van der Waals surface area contributed by atoms with Crippen LogP contribution in [0.2, 0.25) is 0 Å². The Morgan fingerprint density at radius 2 is 2.33 bits per heavy atom. The lowest BCUT2D eigenvalue weighted by Gasteiger charge is -2.17. The van der Waals surface area contributed by atoms with E-state index >= 15 is 0 Å². The zero-order valence-corrected chi connectivity index (χ0v) is 9.87. The average molecular weight is 279 g/mol. The molecule has 0 fully saturated rings. The summed E-state index contributed by atoms with van der Waals surface area (Å²) in [7, 11) is 1.90. The topological polar surface area (TPSA) is 30.7 Å². The van der Waals surface area contributed by atoms with Gasteiger partial charge in [0.15, 0.2) is 0 Å². The highest BCUT2D eigenvalue weighted by atomic mass is 127. The van der Waals surface area contributed by atoms with Crippen LogP contribution in [-0.2, 0) is 10.5 Å². The Morgan fingerprint density at radius 1 is 1.67 bits per heavy atom. The van der Waals surface area contributed by atoms with Crippen molar-refractivity contribution in [3.05, 3.63) is 11.9 Å². The summed E-state index contributed by atoms with van der Waals surface area (Å²) < 4.78 is 1.89. The van der Waals surface area contributed by atoms with Crippen molar-refractivity contribution in [2.45, 2.75) is 30.1 Å². The summed E-state index contributed by atoms with van der Waals surface area (Å²) in [5.41, 5.74) is 1.08. The zero-order chi connectivity index (χ0) is 9.19. The van der Waals surface area contributed by atoms with Crippen molar-refractivity contribution in [1.82, 2.24) is 15.0 Å². The third-order valence-electron chi connectivity index (χ3n) is 1.86. The molecule has 0 aliphatic heterocycles. The summed E-state index contributed by atoms with van der Waals surface area (Å²) in [4.78, 5) is 0. The van der Waals surface area contributed by atoms with Crippen molar-refractivity contribution in [3.8, 4) is 0 Å². The van der Waals surface area contributed by atoms with Crippen LogP contribution >= 0.6 is 22.6 Å². The molecule has 0 saturated carbocycles. The molecule has 4 heteroatoms. The lowest BCUT2D eigenvalue weighted by atomic mass is 10.0. The van der Waals surface area contributed by atoms with Gasteiger partial charge in [-0.2, -0.15) is 0 Å². The van der Waals surface area contributed by atoms with Gasteiger partial charge in [0, 0.05) is 13.2 Å². The second kappa shape index (κ2) is 3.72. The highest BCUT2D eigenvalue weighted by Crippen LogP contribution is 2.34. The summed E-state index contributed by atoms with van der Waals surface area (Å²) in [5, 5.41) is 8.04. The Labute approximate surface area is 86.7 Å². The summed E-state index contributed by atoms with van der Waals surface area (Å²) in [5.74, 6) is 0. The number of nitrogens with zero attached hydrogens (tertiary/aromatic N) is 3. The largest absolute Gasteiger partial charge is 0.255 e. The molecule has 12 heavy (non-hydrogen) atoms. The normalized spacial score (nSPS) is 16.0. The Morgan fingerprint density at radius 3 is 2.75 bits per heavy atom. The molecule has 1 rings (SSSR count). The van der Waals surface area contributed by atoms with Crippen LogP contribution in [0.3, 0.4) is 0 Å². The Hall–Kier alpha value is -0.130. The number of hydrogen-bond acceptors (Lipinski definition) is 2. The SMILES string of the molecule is CCCC(C)(I)c1cn(C)nn1. The molecule has 1 atom stereocenters. The molecule has 1 aromatic rings. The lowest BCUT2D eigenvalue weighted by Crippen LogP contribution is -2.12. The molecule has 1 heterocycles. The van der Waals surface area contributed by atoms with E-state index in [1.54, 1.807) is 4.68 Å². The Bertz CT molecular complexity index is 255. The second-order valence-corrected chi connectivity index (χ2v) is 5.61. The fourth-order valence-electron chi connectivity index (χ4n) is 1.18. The van der Waals surface area contributed by atoms with E-state index < -0.39 is 0 Å². The van der Waals surface area contributed by atoms with Gasteiger partial charge in [0.05, 0.1) is 9.12 Å². The van der Waals surface area contributed by atoms with Crippen LogP contribution in [0.15, 0.2) is 6.20 Å². The van der Waals surface area contributed by atoms with Crippen LogP contribution in [0.1, 0.15) is 32.4 Å². The van der Waals surface area contributed by atoms with Crippen molar-refractivity contribution >= 4 is 22.6 Å². The third kappa shape index (κ3) is 2.18. The molecule has 0 amide bonds. The van der Waals surface area contributed by atoms with Gasteiger partial charge >= 0.3 is 0 Å². The maximum Gasteiger partial charge on any atom is 0.0983 e. The van der Waals surface area contributed by atoms with Gasteiger partial charge in [-0.1, -0.05) is 41.1 Å². The van der Waals surface area contributed by atoms with E-state index in [1.807, 2.05) is 13.2 Å². The minimum absolute atomic E-state index is 0.140. The van der Waals surface area contributed by atoms with E-state index in [-0.39, 0.29) is 3.42 Å². The molecule has 68 valence electrons. The third-order valence-corrected chi connectivity index (χ3v) is 2.95. The summed E-state index contributed by atoms with van der Waals surface area (Å²) in [6, 6.07) is 0. The fourth-order valence-corrected chi connectivity index (χ4v) is 1.97. The van der Waals surface area contributed by atoms with Crippen molar-refractivity contribution in [2.75, 3.05) is 0 Å². The number of hydrogen-bond donors (Lipinski definition) is 0. The van der Waals surface area contributed by atoms with Crippen molar-refractivity contribution < 1.29 is 0 Å². The first-order valence-electron chi connectivity index (χ1n) is 4.12. The fraction of sp³-hybridized carbons (Fsp3) is 0.750. The van der Waals surface area contributed by atoms with Crippen LogP contribution in [-0.4, -0.2) is 15.0 Å². The molecule has 0 aliphatic rings. The number of aryl methyl sites for hydroxylation is 1.